The molecule has 4 heteroatoms. The average Bonchev–Trinajstić information content (AvgIpc) is 2.39. The van der Waals surface area contributed by atoms with Crippen molar-refractivity contribution in [2.45, 2.75) is 18.8 Å². The molecule has 0 atom stereocenters. The van der Waals surface area contributed by atoms with Crippen LogP contribution in [0, 0.1) is 0 Å². The molecule has 1 heterocycles. The van der Waals surface area contributed by atoms with Crippen LogP contribution >= 0.6 is 11.6 Å². The van der Waals surface area contributed by atoms with E-state index in [1.54, 1.807) is 14.2 Å². The Labute approximate surface area is 107 Å². The molecule has 3 nitrogen and oxygen atoms in total. The molecule has 1 aromatic carbocycles. The molecule has 0 amide bonds. The van der Waals surface area contributed by atoms with Gasteiger partial charge in [-0.15, -0.1) is 0 Å². The first-order valence-corrected chi connectivity index (χ1v) is 6.26. The summed E-state index contributed by atoms with van der Waals surface area (Å²) >= 11 is 6.40. The normalized spacial score (nSPS) is 16.9. The third kappa shape index (κ3) is 2.50. The molecule has 0 unspecified atom stereocenters. The number of nitrogens with one attached hydrogen (secondary N) is 1. The van der Waals surface area contributed by atoms with Crippen molar-refractivity contribution in [3.8, 4) is 11.5 Å². The lowest BCUT2D eigenvalue weighted by Crippen LogP contribution is -2.27. The zero-order valence-electron chi connectivity index (χ0n) is 10.3. The Morgan fingerprint density at radius 3 is 2.29 bits per heavy atom. The maximum absolute atomic E-state index is 6.40. The Morgan fingerprint density at radius 1 is 1.12 bits per heavy atom. The summed E-state index contributed by atoms with van der Waals surface area (Å²) in [6.07, 6.45) is 2.17. The van der Waals surface area contributed by atoms with Crippen molar-refractivity contribution < 1.29 is 9.47 Å². The monoisotopic (exact) mass is 255 g/mol. The molecular formula is C13H18ClNO2. The molecule has 2 rings (SSSR count). The van der Waals surface area contributed by atoms with Gasteiger partial charge in [0.05, 0.1) is 19.2 Å². The average molecular weight is 256 g/mol. The maximum atomic E-state index is 6.40. The van der Waals surface area contributed by atoms with Gasteiger partial charge in [0.2, 0.25) is 0 Å². The number of piperidine rings is 1. The highest BCUT2D eigenvalue weighted by Crippen LogP contribution is 2.42. The second-order valence-corrected chi connectivity index (χ2v) is 4.60. The van der Waals surface area contributed by atoms with E-state index in [0.717, 1.165) is 43.0 Å². The minimum Gasteiger partial charge on any atom is -0.496 e. The third-order valence-corrected chi connectivity index (χ3v) is 3.68. The summed E-state index contributed by atoms with van der Waals surface area (Å²) in [6, 6.07) is 3.79. The fraction of sp³-hybridized carbons (Fsp3) is 0.538. The lowest BCUT2D eigenvalue weighted by Gasteiger charge is -2.26. The van der Waals surface area contributed by atoms with E-state index in [9.17, 15) is 0 Å². The molecular weight excluding hydrogens is 238 g/mol. The maximum Gasteiger partial charge on any atom is 0.138 e. The molecule has 1 aliphatic rings. The van der Waals surface area contributed by atoms with Gasteiger partial charge in [-0.05, 0) is 44.0 Å². The van der Waals surface area contributed by atoms with Gasteiger partial charge < -0.3 is 14.8 Å². The highest BCUT2D eigenvalue weighted by Gasteiger charge is 2.23. The third-order valence-electron chi connectivity index (χ3n) is 3.29. The Balaban J connectivity index is 2.40. The molecule has 0 saturated carbocycles. The molecule has 0 radical (unpaired) electrons. The fourth-order valence-electron chi connectivity index (χ4n) is 2.38. The van der Waals surface area contributed by atoms with Crippen molar-refractivity contribution in [2.24, 2.45) is 0 Å². The van der Waals surface area contributed by atoms with E-state index < -0.39 is 0 Å². The molecule has 0 aromatic heterocycles. The standard InChI is InChI=1S/C13H18ClNO2/c1-16-10-3-4-11(17-2)13(14)12(10)9-5-7-15-8-6-9/h3-4,9,15H,5-8H2,1-2H3. The molecule has 1 aliphatic heterocycles. The molecule has 17 heavy (non-hydrogen) atoms. The van der Waals surface area contributed by atoms with Crippen LogP contribution in [-0.4, -0.2) is 27.3 Å². The Morgan fingerprint density at radius 2 is 1.71 bits per heavy atom. The predicted molar refractivity (Wildman–Crippen MR) is 69.4 cm³/mol. The molecule has 1 fully saturated rings. The van der Waals surface area contributed by atoms with Gasteiger partial charge in [0.25, 0.3) is 0 Å². The highest BCUT2D eigenvalue weighted by molar-refractivity contribution is 6.33. The number of methoxy groups -OCH3 is 2. The largest absolute Gasteiger partial charge is 0.496 e. The number of ether oxygens (including phenoxy) is 2. The van der Waals surface area contributed by atoms with E-state index in [1.807, 2.05) is 12.1 Å². The number of halogens is 1. The van der Waals surface area contributed by atoms with Gasteiger partial charge in [-0.3, -0.25) is 0 Å². The van der Waals surface area contributed by atoms with Gasteiger partial charge in [-0.25, -0.2) is 0 Å². The second-order valence-electron chi connectivity index (χ2n) is 4.22. The van der Waals surface area contributed by atoms with Crippen LogP contribution in [0.4, 0.5) is 0 Å². The Hall–Kier alpha value is -0.930. The molecule has 1 aromatic rings. The molecule has 94 valence electrons. The van der Waals surface area contributed by atoms with Crippen LogP contribution < -0.4 is 14.8 Å². The minimum absolute atomic E-state index is 0.453. The van der Waals surface area contributed by atoms with Crippen LogP contribution in [0.1, 0.15) is 24.3 Å². The first kappa shape index (κ1) is 12.5. The molecule has 1 N–H and O–H groups in total. The van der Waals surface area contributed by atoms with E-state index in [0.29, 0.717) is 10.9 Å². The Kier molecular flexibility index (Phi) is 4.13. The SMILES string of the molecule is COc1ccc(OC)c(C2CCNCC2)c1Cl. The van der Waals surface area contributed by atoms with Gasteiger partial charge in [0.15, 0.2) is 0 Å². The van der Waals surface area contributed by atoms with E-state index in [2.05, 4.69) is 5.32 Å². The lowest BCUT2D eigenvalue weighted by atomic mass is 9.89. The number of benzene rings is 1. The van der Waals surface area contributed by atoms with Crippen molar-refractivity contribution >= 4 is 11.6 Å². The zero-order chi connectivity index (χ0) is 12.3. The summed E-state index contributed by atoms with van der Waals surface area (Å²) in [5.74, 6) is 2.04. The van der Waals surface area contributed by atoms with Gasteiger partial charge in [0, 0.05) is 5.56 Å². The van der Waals surface area contributed by atoms with Gasteiger partial charge in [0.1, 0.15) is 11.5 Å². The van der Waals surface area contributed by atoms with Gasteiger partial charge in [-0.1, -0.05) is 11.6 Å². The summed E-state index contributed by atoms with van der Waals surface area (Å²) < 4.78 is 10.7. The zero-order valence-corrected chi connectivity index (χ0v) is 11.0. The van der Waals surface area contributed by atoms with Gasteiger partial charge in [-0.2, -0.15) is 0 Å². The summed E-state index contributed by atoms with van der Waals surface area (Å²) in [5.41, 5.74) is 1.09. The highest BCUT2D eigenvalue weighted by atomic mass is 35.5. The van der Waals surface area contributed by atoms with Crippen LogP contribution in [0.25, 0.3) is 0 Å². The summed E-state index contributed by atoms with van der Waals surface area (Å²) in [5, 5.41) is 4.05. The van der Waals surface area contributed by atoms with E-state index >= 15 is 0 Å². The number of rotatable bonds is 3. The van der Waals surface area contributed by atoms with Crippen LogP contribution in [0.3, 0.4) is 0 Å². The quantitative estimate of drug-likeness (QED) is 0.901. The number of hydrogen-bond acceptors (Lipinski definition) is 3. The molecule has 0 bridgehead atoms. The lowest BCUT2D eigenvalue weighted by molar-refractivity contribution is 0.383. The van der Waals surface area contributed by atoms with Crippen LogP contribution in [0.2, 0.25) is 5.02 Å². The summed E-state index contributed by atoms with van der Waals surface area (Å²) in [7, 11) is 3.32. The topological polar surface area (TPSA) is 30.5 Å². The predicted octanol–water partition coefficient (Wildman–Crippen LogP) is 2.82. The van der Waals surface area contributed by atoms with E-state index in [4.69, 9.17) is 21.1 Å². The molecule has 0 aliphatic carbocycles. The second kappa shape index (κ2) is 5.61. The van der Waals surface area contributed by atoms with E-state index in [1.165, 1.54) is 0 Å². The molecule has 0 spiro atoms. The van der Waals surface area contributed by atoms with Gasteiger partial charge >= 0.3 is 0 Å². The van der Waals surface area contributed by atoms with Crippen molar-refractivity contribution in [3.05, 3.63) is 22.7 Å². The van der Waals surface area contributed by atoms with Crippen LogP contribution in [0.15, 0.2) is 12.1 Å². The van der Waals surface area contributed by atoms with Crippen molar-refractivity contribution in [1.82, 2.24) is 5.32 Å². The summed E-state index contributed by atoms with van der Waals surface area (Å²) in [4.78, 5) is 0. The van der Waals surface area contributed by atoms with Crippen molar-refractivity contribution in [2.75, 3.05) is 27.3 Å². The first-order valence-electron chi connectivity index (χ1n) is 5.89. The smallest absolute Gasteiger partial charge is 0.138 e. The first-order chi connectivity index (χ1) is 8.27. The van der Waals surface area contributed by atoms with Crippen LogP contribution in [0.5, 0.6) is 11.5 Å². The van der Waals surface area contributed by atoms with Crippen LogP contribution in [-0.2, 0) is 0 Å². The van der Waals surface area contributed by atoms with E-state index in [-0.39, 0.29) is 0 Å². The summed E-state index contributed by atoms with van der Waals surface area (Å²) in [6.45, 7) is 2.06. The minimum atomic E-state index is 0.453. The van der Waals surface area contributed by atoms with Crippen molar-refractivity contribution in [3.63, 3.8) is 0 Å². The Bertz CT molecular complexity index is 389. The fourth-order valence-corrected chi connectivity index (χ4v) is 2.77. The van der Waals surface area contributed by atoms with Crippen molar-refractivity contribution in [1.29, 1.82) is 0 Å². The number of hydrogen-bond donors (Lipinski definition) is 1. The molecule has 1 saturated heterocycles.